The minimum absolute atomic E-state index is 0.506. The first-order valence-electron chi connectivity index (χ1n) is 8.36. The summed E-state index contributed by atoms with van der Waals surface area (Å²) in [5.74, 6) is 0.788. The Bertz CT molecular complexity index is 540. The molecule has 0 spiro atoms. The molecule has 1 aliphatic carbocycles. The number of anilines is 1. The van der Waals surface area contributed by atoms with E-state index in [1.807, 2.05) is 0 Å². The molecule has 1 aliphatic heterocycles. The predicted octanol–water partition coefficient (Wildman–Crippen LogP) is 4.90. The molecule has 114 valence electrons. The Morgan fingerprint density at radius 3 is 2.24 bits per heavy atom. The van der Waals surface area contributed by atoms with Crippen LogP contribution in [0.15, 0.2) is 35.7 Å². The summed E-state index contributed by atoms with van der Waals surface area (Å²) in [6.07, 6.45) is 7.47. The second-order valence-corrected chi connectivity index (χ2v) is 6.75. The number of hydrogen-bond acceptors (Lipinski definition) is 2. The van der Waals surface area contributed by atoms with Crippen molar-refractivity contribution < 1.29 is 0 Å². The van der Waals surface area contributed by atoms with Crippen molar-refractivity contribution in [2.75, 3.05) is 11.9 Å². The Morgan fingerprint density at radius 2 is 1.57 bits per heavy atom. The quantitative estimate of drug-likeness (QED) is 0.761. The van der Waals surface area contributed by atoms with E-state index in [-0.39, 0.29) is 0 Å². The van der Waals surface area contributed by atoms with Crippen LogP contribution in [0.25, 0.3) is 0 Å². The van der Waals surface area contributed by atoms with E-state index in [2.05, 4.69) is 61.9 Å². The zero-order chi connectivity index (χ0) is 15.0. The van der Waals surface area contributed by atoms with Gasteiger partial charge < -0.3 is 9.80 Å². The van der Waals surface area contributed by atoms with Crippen LogP contribution in [0.3, 0.4) is 0 Å². The molecule has 0 N–H and O–H groups in total. The number of nitrogens with zero attached hydrogens (tertiary/aromatic N) is 2. The lowest BCUT2D eigenvalue weighted by Crippen LogP contribution is -2.45. The van der Waals surface area contributed by atoms with Crippen molar-refractivity contribution in [3.05, 3.63) is 41.2 Å². The van der Waals surface area contributed by atoms with Gasteiger partial charge in [-0.2, -0.15) is 0 Å². The summed E-state index contributed by atoms with van der Waals surface area (Å²) in [6.45, 7) is 6.78. The van der Waals surface area contributed by atoms with E-state index in [1.165, 1.54) is 54.7 Å². The van der Waals surface area contributed by atoms with E-state index in [9.17, 15) is 0 Å². The maximum atomic E-state index is 2.60. The smallest absolute Gasteiger partial charge is 0.108 e. The number of para-hydroxylation sites is 1. The third-order valence-electron chi connectivity index (χ3n) is 5.52. The average molecular weight is 284 g/mol. The maximum Gasteiger partial charge on any atom is 0.108 e. The van der Waals surface area contributed by atoms with Gasteiger partial charge in [0.05, 0.1) is 0 Å². The van der Waals surface area contributed by atoms with Crippen molar-refractivity contribution in [2.45, 2.75) is 59.0 Å². The lowest BCUT2D eigenvalue weighted by molar-refractivity contribution is 0.194. The number of aryl methyl sites for hydroxylation is 1. The molecule has 1 heterocycles. The molecule has 0 radical (unpaired) electrons. The zero-order valence-corrected chi connectivity index (χ0v) is 13.9. The fraction of sp³-hybridized carbons (Fsp3) is 0.579. The van der Waals surface area contributed by atoms with Crippen LogP contribution < -0.4 is 4.90 Å². The van der Waals surface area contributed by atoms with Crippen LogP contribution in [0.2, 0.25) is 0 Å². The molecule has 0 bridgehead atoms. The van der Waals surface area contributed by atoms with Gasteiger partial charge in [0, 0.05) is 24.1 Å². The third-order valence-corrected chi connectivity index (χ3v) is 5.52. The SMILES string of the molecule is CC1=C(C)N(c2ccccc2C)C(C2CCCCC2)N1C. The fourth-order valence-corrected chi connectivity index (χ4v) is 4.12. The highest BCUT2D eigenvalue weighted by molar-refractivity contribution is 5.60. The van der Waals surface area contributed by atoms with Crippen molar-refractivity contribution in [1.82, 2.24) is 4.90 Å². The van der Waals surface area contributed by atoms with Gasteiger partial charge in [-0.15, -0.1) is 0 Å². The molecule has 1 unspecified atom stereocenters. The molecule has 0 aromatic heterocycles. The van der Waals surface area contributed by atoms with Gasteiger partial charge in [-0.25, -0.2) is 0 Å². The standard InChI is InChI=1S/C19H28N2/c1-14-10-8-9-13-18(14)21-16(3)15(2)20(4)19(21)17-11-6-5-7-12-17/h8-10,13,17,19H,5-7,11-12H2,1-4H3. The van der Waals surface area contributed by atoms with Gasteiger partial charge in [-0.1, -0.05) is 37.5 Å². The minimum atomic E-state index is 0.506. The van der Waals surface area contributed by atoms with Crippen molar-refractivity contribution in [3.8, 4) is 0 Å². The van der Waals surface area contributed by atoms with Crippen LogP contribution in [0.1, 0.15) is 51.5 Å². The van der Waals surface area contributed by atoms with Gasteiger partial charge in [0.1, 0.15) is 6.17 Å². The summed E-state index contributed by atoms with van der Waals surface area (Å²) < 4.78 is 0. The molecule has 1 aromatic carbocycles. The summed E-state index contributed by atoms with van der Waals surface area (Å²) >= 11 is 0. The highest BCUT2D eigenvalue weighted by atomic mass is 15.4. The van der Waals surface area contributed by atoms with Gasteiger partial charge in [0.2, 0.25) is 0 Å². The lowest BCUT2D eigenvalue weighted by atomic mass is 9.86. The van der Waals surface area contributed by atoms with Crippen molar-refractivity contribution in [1.29, 1.82) is 0 Å². The lowest BCUT2D eigenvalue weighted by Gasteiger charge is -2.40. The molecule has 2 heteroatoms. The van der Waals surface area contributed by atoms with Gasteiger partial charge in [0.25, 0.3) is 0 Å². The van der Waals surface area contributed by atoms with Crippen molar-refractivity contribution in [2.24, 2.45) is 5.92 Å². The molecule has 1 aromatic rings. The first-order chi connectivity index (χ1) is 10.1. The van der Waals surface area contributed by atoms with Crippen LogP contribution in [0.4, 0.5) is 5.69 Å². The molecule has 2 aliphatic rings. The van der Waals surface area contributed by atoms with Gasteiger partial charge in [-0.3, -0.25) is 0 Å². The van der Waals surface area contributed by atoms with E-state index in [0.29, 0.717) is 6.17 Å². The molecular weight excluding hydrogens is 256 g/mol. The number of hydrogen-bond donors (Lipinski definition) is 0. The highest BCUT2D eigenvalue weighted by Gasteiger charge is 2.38. The Kier molecular flexibility index (Phi) is 3.97. The monoisotopic (exact) mass is 284 g/mol. The van der Waals surface area contributed by atoms with Gasteiger partial charge in [-0.05, 0) is 51.2 Å². The van der Waals surface area contributed by atoms with Crippen LogP contribution in [-0.2, 0) is 0 Å². The second-order valence-electron chi connectivity index (χ2n) is 6.75. The third kappa shape index (κ3) is 2.45. The molecule has 2 nitrogen and oxygen atoms in total. The van der Waals surface area contributed by atoms with Gasteiger partial charge >= 0.3 is 0 Å². The van der Waals surface area contributed by atoms with Crippen molar-refractivity contribution in [3.63, 3.8) is 0 Å². The molecule has 3 rings (SSSR count). The van der Waals surface area contributed by atoms with Crippen LogP contribution in [0, 0.1) is 12.8 Å². The Morgan fingerprint density at radius 1 is 0.905 bits per heavy atom. The van der Waals surface area contributed by atoms with Crippen LogP contribution in [0.5, 0.6) is 0 Å². The first-order valence-corrected chi connectivity index (χ1v) is 8.36. The minimum Gasteiger partial charge on any atom is -0.356 e. The topological polar surface area (TPSA) is 6.48 Å². The molecule has 1 fully saturated rings. The van der Waals surface area contributed by atoms with E-state index in [1.54, 1.807) is 0 Å². The Hall–Kier alpha value is -1.44. The van der Waals surface area contributed by atoms with Crippen LogP contribution >= 0.6 is 0 Å². The van der Waals surface area contributed by atoms with Crippen molar-refractivity contribution >= 4 is 5.69 Å². The molecule has 0 saturated heterocycles. The Balaban J connectivity index is 1.99. The van der Waals surface area contributed by atoms with E-state index >= 15 is 0 Å². The molecule has 0 amide bonds. The maximum absolute atomic E-state index is 2.60. The normalized spacial score (nSPS) is 24.1. The number of benzene rings is 1. The summed E-state index contributed by atoms with van der Waals surface area (Å²) in [5, 5.41) is 0. The highest BCUT2D eigenvalue weighted by Crippen LogP contribution is 2.41. The Labute approximate surface area is 129 Å². The largest absolute Gasteiger partial charge is 0.356 e. The summed E-state index contributed by atoms with van der Waals surface area (Å²) in [5.41, 5.74) is 5.60. The number of rotatable bonds is 2. The van der Waals surface area contributed by atoms with Gasteiger partial charge in [0.15, 0.2) is 0 Å². The van der Waals surface area contributed by atoms with E-state index in [4.69, 9.17) is 0 Å². The predicted molar refractivity (Wildman–Crippen MR) is 90.2 cm³/mol. The summed E-state index contributed by atoms with van der Waals surface area (Å²) in [6, 6.07) is 8.82. The summed E-state index contributed by atoms with van der Waals surface area (Å²) in [7, 11) is 2.27. The van der Waals surface area contributed by atoms with E-state index in [0.717, 1.165) is 5.92 Å². The van der Waals surface area contributed by atoms with Crippen LogP contribution in [-0.4, -0.2) is 18.1 Å². The fourth-order valence-electron chi connectivity index (χ4n) is 4.12. The second kappa shape index (κ2) is 5.75. The van der Waals surface area contributed by atoms with E-state index < -0.39 is 0 Å². The molecule has 21 heavy (non-hydrogen) atoms. The summed E-state index contributed by atoms with van der Waals surface area (Å²) in [4.78, 5) is 5.11. The first kappa shape index (κ1) is 14.5. The average Bonchev–Trinajstić information content (AvgIpc) is 2.73. The zero-order valence-electron chi connectivity index (χ0n) is 13.9. The molecular formula is C19H28N2. The molecule has 1 atom stereocenters. The number of allylic oxidation sites excluding steroid dienone is 2. The molecule has 1 saturated carbocycles.